The Bertz CT molecular complexity index is 1330. The van der Waals surface area contributed by atoms with Gasteiger partial charge in [0.05, 0.1) is 4.90 Å². The Hall–Kier alpha value is -3.72. The number of aryl methyl sites for hydroxylation is 2. The minimum atomic E-state index is -3.83. The molecule has 0 aliphatic rings. The number of amides is 1. The number of fused-ring (bicyclic) bond motifs is 1. The SMILES string of the molecule is Cc1ccnc(NS(=O)(=O)c2ccc(NC(=O)CCn3ccc4ccccc43)cc2)n1. The van der Waals surface area contributed by atoms with Crippen LogP contribution in [0.2, 0.25) is 0 Å². The van der Waals surface area contributed by atoms with E-state index >= 15 is 0 Å². The highest BCUT2D eigenvalue weighted by molar-refractivity contribution is 7.92. The smallest absolute Gasteiger partial charge is 0.264 e. The Balaban J connectivity index is 1.37. The average Bonchev–Trinajstić information content (AvgIpc) is 3.15. The molecular weight excluding hydrogens is 414 g/mol. The van der Waals surface area contributed by atoms with Gasteiger partial charge < -0.3 is 9.88 Å². The maximum atomic E-state index is 12.5. The lowest BCUT2D eigenvalue weighted by Crippen LogP contribution is -2.16. The number of aromatic nitrogens is 3. The number of hydrogen-bond acceptors (Lipinski definition) is 5. The van der Waals surface area contributed by atoms with Gasteiger partial charge in [-0.1, -0.05) is 18.2 Å². The van der Waals surface area contributed by atoms with Crippen LogP contribution in [0.25, 0.3) is 10.9 Å². The summed E-state index contributed by atoms with van der Waals surface area (Å²) >= 11 is 0. The van der Waals surface area contributed by atoms with E-state index in [0.717, 1.165) is 10.9 Å². The molecule has 8 nitrogen and oxygen atoms in total. The van der Waals surface area contributed by atoms with Crippen LogP contribution in [0.1, 0.15) is 12.1 Å². The van der Waals surface area contributed by atoms with Crippen LogP contribution < -0.4 is 10.0 Å². The van der Waals surface area contributed by atoms with Crippen molar-refractivity contribution in [1.82, 2.24) is 14.5 Å². The van der Waals surface area contributed by atoms with Crippen molar-refractivity contribution >= 4 is 38.5 Å². The summed E-state index contributed by atoms with van der Waals surface area (Å²) < 4.78 is 29.4. The van der Waals surface area contributed by atoms with Crippen molar-refractivity contribution in [3.63, 3.8) is 0 Å². The molecule has 0 aliphatic carbocycles. The van der Waals surface area contributed by atoms with E-state index in [1.165, 1.54) is 18.3 Å². The Labute approximate surface area is 180 Å². The van der Waals surface area contributed by atoms with Crippen LogP contribution >= 0.6 is 0 Å². The van der Waals surface area contributed by atoms with E-state index in [4.69, 9.17) is 0 Å². The fraction of sp³-hybridized carbons (Fsp3) is 0.136. The van der Waals surface area contributed by atoms with Crippen molar-refractivity contribution in [1.29, 1.82) is 0 Å². The fourth-order valence-corrected chi connectivity index (χ4v) is 4.13. The summed E-state index contributed by atoms with van der Waals surface area (Å²) in [5, 5.41) is 3.93. The van der Waals surface area contributed by atoms with E-state index in [1.807, 2.05) is 41.1 Å². The molecule has 31 heavy (non-hydrogen) atoms. The van der Waals surface area contributed by atoms with Gasteiger partial charge in [-0.25, -0.2) is 23.1 Å². The first-order chi connectivity index (χ1) is 14.9. The highest BCUT2D eigenvalue weighted by atomic mass is 32.2. The van der Waals surface area contributed by atoms with Gasteiger partial charge in [-0.15, -0.1) is 0 Å². The molecule has 4 rings (SSSR count). The second-order valence-corrected chi connectivity index (χ2v) is 8.70. The van der Waals surface area contributed by atoms with Crippen LogP contribution in [-0.4, -0.2) is 28.9 Å². The topological polar surface area (TPSA) is 106 Å². The number of carbonyl (C=O) groups excluding carboxylic acids is 1. The first kappa shape index (κ1) is 20.5. The summed E-state index contributed by atoms with van der Waals surface area (Å²) in [5.74, 6) is -0.144. The van der Waals surface area contributed by atoms with Gasteiger partial charge in [0.2, 0.25) is 11.9 Å². The summed E-state index contributed by atoms with van der Waals surface area (Å²) in [7, 11) is -3.83. The normalized spacial score (nSPS) is 11.4. The predicted octanol–water partition coefficient (Wildman–Crippen LogP) is 3.57. The number of sulfonamides is 1. The lowest BCUT2D eigenvalue weighted by atomic mass is 10.2. The van der Waals surface area contributed by atoms with E-state index in [2.05, 4.69) is 20.0 Å². The molecule has 0 saturated heterocycles. The zero-order chi connectivity index (χ0) is 21.8. The van der Waals surface area contributed by atoms with Crippen LogP contribution in [0.4, 0.5) is 11.6 Å². The molecule has 0 saturated carbocycles. The third-order valence-electron chi connectivity index (χ3n) is 4.73. The van der Waals surface area contributed by atoms with Crippen molar-refractivity contribution in [2.45, 2.75) is 24.8 Å². The molecule has 2 N–H and O–H groups in total. The maximum Gasteiger partial charge on any atom is 0.264 e. The molecule has 158 valence electrons. The minimum Gasteiger partial charge on any atom is -0.347 e. The largest absolute Gasteiger partial charge is 0.347 e. The average molecular weight is 436 g/mol. The van der Waals surface area contributed by atoms with Gasteiger partial charge in [0.1, 0.15) is 0 Å². The maximum absolute atomic E-state index is 12.5. The van der Waals surface area contributed by atoms with Crippen molar-refractivity contribution < 1.29 is 13.2 Å². The summed E-state index contributed by atoms with van der Waals surface area (Å²) in [4.78, 5) is 20.3. The van der Waals surface area contributed by atoms with Gasteiger partial charge in [-0.2, -0.15) is 0 Å². The molecule has 2 aromatic carbocycles. The highest BCUT2D eigenvalue weighted by Gasteiger charge is 2.16. The number of nitrogens with zero attached hydrogens (tertiary/aromatic N) is 3. The molecule has 0 unspecified atom stereocenters. The zero-order valence-corrected chi connectivity index (χ0v) is 17.6. The molecule has 0 radical (unpaired) electrons. The zero-order valence-electron chi connectivity index (χ0n) is 16.8. The number of benzene rings is 2. The molecule has 9 heteroatoms. The van der Waals surface area contributed by atoms with Gasteiger partial charge in [-0.3, -0.25) is 4.79 Å². The predicted molar refractivity (Wildman–Crippen MR) is 119 cm³/mol. The highest BCUT2D eigenvalue weighted by Crippen LogP contribution is 2.18. The number of hydrogen-bond donors (Lipinski definition) is 2. The summed E-state index contributed by atoms with van der Waals surface area (Å²) in [5.41, 5.74) is 2.25. The van der Waals surface area contributed by atoms with Crippen LogP contribution in [0.15, 0.2) is 78.0 Å². The van der Waals surface area contributed by atoms with E-state index in [1.54, 1.807) is 25.1 Å². The third-order valence-corrected chi connectivity index (χ3v) is 6.07. The van der Waals surface area contributed by atoms with Crippen LogP contribution in [-0.2, 0) is 21.4 Å². The van der Waals surface area contributed by atoms with Gasteiger partial charge in [0.25, 0.3) is 10.0 Å². The van der Waals surface area contributed by atoms with E-state index in [0.29, 0.717) is 24.3 Å². The second-order valence-electron chi connectivity index (χ2n) is 7.02. The molecule has 2 aromatic heterocycles. The number of nitrogens with one attached hydrogen (secondary N) is 2. The summed E-state index contributed by atoms with van der Waals surface area (Å²) in [6.07, 6.45) is 3.74. The van der Waals surface area contributed by atoms with Crippen molar-refractivity contribution in [2.24, 2.45) is 0 Å². The van der Waals surface area contributed by atoms with Crippen LogP contribution in [0.5, 0.6) is 0 Å². The van der Waals surface area contributed by atoms with Crippen molar-refractivity contribution in [3.05, 3.63) is 78.8 Å². The van der Waals surface area contributed by atoms with Crippen LogP contribution in [0.3, 0.4) is 0 Å². The molecule has 0 fully saturated rings. The first-order valence-corrected chi connectivity index (χ1v) is 11.2. The van der Waals surface area contributed by atoms with E-state index < -0.39 is 10.0 Å². The number of anilines is 2. The molecule has 0 spiro atoms. The standard InChI is InChI=1S/C22H21N5O3S/c1-16-10-13-23-22(24-16)26-31(29,30)19-8-6-18(7-9-19)25-21(28)12-15-27-14-11-17-4-2-3-5-20(17)27/h2-11,13-14H,12,15H2,1H3,(H,25,28)(H,23,24,26). The van der Waals surface area contributed by atoms with Gasteiger partial charge >= 0.3 is 0 Å². The molecule has 4 aromatic rings. The van der Waals surface area contributed by atoms with Crippen LogP contribution in [0, 0.1) is 6.92 Å². The second kappa shape index (κ2) is 8.57. The van der Waals surface area contributed by atoms with E-state index in [9.17, 15) is 13.2 Å². The molecule has 1 amide bonds. The first-order valence-electron chi connectivity index (χ1n) is 9.67. The van der Waals surface area contributed by atoms with Gasteiger partial charge in [-0.05, 0) is 54.8 Å². The Morgan fingerprint density at radius 3 is 2.58 bits per heavy atom. The quantitative estimate of drug-likeness (QED) is 0.462. The molecule has 2 heterocycles. The summed E-state index contributed by atoms with van der Waals surface area (Å²) in [6, 6.07) is 17.6. The Kier molecular flexibility index (Phi) is 5.68. The summed E-state index contributed by atoms with van der Waals surface area (Å²) in [6.45, 7) is 2.29. The monoisotopic (exact) mass is 435 g/mol. The third kappa shape index (κ3) is 4.89. The minimum absolute atomic E-state index is 0.00918. The lowest BCUT2D eigenvalue weighted by Gasteiger charge is -2.09. The Morgan fingerprint density at radius 2 is 1.81 bits per heavy atom. The van der Waals surface area contributed by atoms with Gasteiger partial charge in [0.15, 0.2) is 0 Å². The molecular formula is C22H21N5O3S. The van der Waals surface area contributed by atoms with E-state index in [-0.39, 0.29) is 16.8 Å². The fourth-order valence-electron chi connectivity index (χ4n) is 3.18. The lowest BCUT2D eigenvalue weighted by molar-refractivity contribution is -0.116. The molecule has 0 bridgehead atoms. The number of carbonyl (C=O) groups is 1. The van der Waals surface area contributed by atoms with Gasteiger partial charge in [0, 0.05) is 42.3 Å². The number of para-hydroxylation sites is 1. The number of rotatable bonds is 7. The van der Waals surface area contributed by atoms with Crippen molar-refractivity contribution in [2.75, 3.05) is 10.0 Å². The molecule has 0 atom stereocenters. The molecule has 0 aliphatic heterocycles. The van der Waals surface area contributed by atoms with Crippen molar-refractivity contribution in [3.8, 4) is 0 Å². The Morgan fingerprint density at radius 1 is 1.03 bits per heavy atom.